The van der Waals surface area contributed by atoms with Crippen molar-refractivity contribution in [2.45, 2.75) is 20.4 Å². The Hall–Kier alpha value is -2.90. The molecule has 124 valence electrons. The molecule has 2 aromatic heterocycles. The summed E-state index contributed by atoms with van der Waals surface area (Å²) in [7, 11) is 0. The molecule has 0 atom stereocenters. The molecule has 0 bridgehead atoms. The zero-order chi connectivity index (χ0) is 17.8. The molecule has 0 amide bonds. The van der Waals surface area contributed by atoms with E-state index in [9.17, 15) is 5.26 Å². The topological polar surface area (TPSA) is 54.5 Å². The second-order valence-electron chi connectivity index (χ2n) is 5.82. The van der Waals surface area contributed by atoms with Crippen molar-refractivity contribution in [2.75, 3.05) is 0 Å². The third-order valence-corrected chi connectivity index (χ3v) is 4.31. The van der Waals surface area contributed by atoms with Gasteiger partial charge in [-0.15, -0.1) is 0 Å². The highest BCUT2D eigenvalue weighted by molar-refractivity contribution is 6.31. The molecular weight excluding hydrogens is 332 g/mol. The summed E-state index contributed by atoms with van der Waals surface area (Å²) in [6.45, 7) is 4.52. The van der Waals surface area contributed by atoms with Gasteiger partial charge < -0.3 is 0 Å². The first-order valence-electron chi connectivity index (χ1n) is 7.90. The minimum Gasteiger partial charge on any atom is -0.256 e. The third kappa shape index (κ3) is 3.78. The van der Waals surface area contributed by atoms with E-state index in [2.05, 4.69) is 47.3 Å². The van der Waals surface area contributed by atoms with Crippen LogP contribution in [0.4, 0.5) is 0 Å². The van der Waals surface area contributed by atoms with Crippen LogP contribution in [0.2, 0.25) is 5.15 Å². The summed E-state index contributed by atoms with van der Waals surface area (Å²) in [6.07, 6.45) is 3.41. The molecule has 0 unspecified atom stereocenters. The van der Waals surface area contributed by atoms with Crippen LogP contribution in [0.25, 0.3) is 11.6 Å². The molecule has 0 aliphatic rings. The molecule has 0 N–H and O–H groups in total. The first-order valence-corrected chi connectivity index (χ1v) is 8.28. The van der Waals surface area contributed by atoms with Gasteiger partial charge in [-0.1, -0.05) is 47.5 Å². The summed E-state index contributed by atoms with van der Waals surface area (Å²) >= 11 is 6.53. The van der Waals surface area contributed by atoms with Gasteiger partial charge >= 0.3 is 0 Å². The van der Waals surface area contributed by atoms with Crippen LogP contribution in [-0.2, 0) is 6.54 Å². The SMILES string of the molecule is Cc1ccc(Cn2nc(C)c(/C=C(\C#N)c3ccccn3)c2Cl)cc1. The molecule has 0 radical (unpaired) electrons. The zero-order valence-electron chi connectivity index (χ0n) is 14.1. The zero-order valence-corrected chi connectivity index (χ0v) is 14.8. The number of pyridine rings is 1. The van der Waals surface area contributed by atoms with Gasteiger partial charge in [0.15, 0.2) is 0 Å². The van der Waals surface area contributed by atoms with Crippen LogP contribution < -0.4 is 0 Å². The molecule has 3 rings (SSSR count). The van der Waals surface area contributed by atoms with E-state index in [0.29, 0.717) is 23.0 Å². The summed E-state index contributed by atoms with van der Waals surface area (Å²) < 4.78 is 1.75. The van der Waals surface area contributed by atoms with Crippen molar-refractivity contribution in [1.29, 1.82) is 5.26 Å². The summed E-state index contributed by atoms with van der Waals surface area (Å²) in [6, 6.07) is 15.9. The van der Waals surface area contributed by atoms with Gasteiger partial charge in [0, 0.05) is 11.8 Å². The second kappa shape index (κ2) is 7.33. The van der Waals surface area contributed by atoms with Gasteiger partial charge in [0.05, 0.1) is 23.5 Å². The molecule has 0 spiro atoms. The fourth-order valence-electron chi connectivity index (χ4n) is 2.53. The number of allylic oxidation sites excluding steroid dienone is 1. The highest BCUT2D eigenvalue weighted by Gasteiger charge is 2.14. The molecule has 3 aromatic rings. The molecule has 0 fully saturated rings. The third-order valence-electron chi connectivity index (χ3n) is 3.91. The molecule has 0 saturated carbocycles. The molecule has 0 aliphatic carbocycles. The van der Waals surface area contributed by atoms with Crippen molar-refractivity contribution in [2.24, 2.45) is 0 Å². The Labute approximate surface area is 152 Å². The molecule has 25 heavy (non-hydrogen) atoms. The van der Waals surface area contributed by atoms with E-state index in [1.807, 2.05) is 19.1 Å². The normalized spacial score (nSPS) is 11.4. The van der Waals surface area contributed by atoms with Crippen LogP contribution in [0.1, 0.15) is 28.1 Å². The van der Waals surface area contributed by atoms with Gasteiger partial charge in [-0.25, -0.2) is 4.68 Å². The highest BCUT2D eigenvalue weighted by Crippen LogP contribution is 2.25. The van der Waals surface area contributed by atoms with Gasteiger partial charge in [0.1, 0.15) is 11.2 Å². The number of benzene rings is 1. The summed E-state index contributed by atoms with van der Waals surface area (Å²) in [5, 5.41) is 14.5. The van der Waals surface area contributed by atoms with E-state index in [1.165, 1.54) is 5.56 Å². The average molecular weight is 349 g/mol. The van der Waals surface area contributed by atoms with Gasteiger partial charge in [0.2, 0.25) is 0 Å². The maximum Gasteiger partial charge on any atom is 0.134 e. The Morgan fingerprint density at radius 2 is 1.96 bits per heavy atom. The van der Waals surface area contributed by atoms with Crippen LogP contribution >= 0.6 is 11.6 Å². The van der Waals surface area contributed by atoms with Crippen molar-refractivity contribution in [3.05, 3.63) is 81.9 Å². The summed E-state index contributed by atoms with van der Waals surface area (Å²) in [5.74, 6) is 0. The monoisotopic (exact) mass is 348 g/mol. The van der Waals surface area contributed by atoms with E-state index in [0.717, 1.165) is 16.8 Å². The first kappa shape index (κ1) is 16.9. The predicted octanol–water partition coefficient (Wildman–Crippen LogP) is 4.66. The second-order valence-corrected chi connectivity index (χ2v) is 6.18. The standard InChI is InChI=1S/C20H17ClN4/c1-14-6-8-16(9-7-14)13-25-20(21)18(15(2)24-25)11-17(12-22)19-5-3-4-10-23-19/h3-11H,13H2,1-2H3/b17-11+. The molecular formula is C20H17ClN4. The van der Waals surface area contributed by atoms with Gasteiger partial charge in [-0.05, 0) is 37.6 Å². The lowest BCUT2D eigenvalue weighted by Gasteiger charge is -2.04. The average Bonchev–Trinajstić information content (AvgIpc) is 2.89. The number of rotatable bonds is 4. The van der Waals surface area contributed by atoms with Crippen LogP contribution in [0, 0.1) is 25.2 Å². The molecule has 2 heterocycles. The Bertz CT molecular complexity index is 948. The Morgan fingerprint density at radius 3 is 2.60 bits per heavy atom. The number of hydrogen-bond acceptors (Lipinski definition) is 3. The minimum atomic E-state index is 0.459. The van der Waals surface area contributed by atoms with Crippen LogP contribution in [0.15, 0.2) is 48.7 Å². The number of halogens is 1. The quantitative estimate of drug-likeness (QED) is 0.644. The maximum absolute atomic E-state index is 9.46. The van der Waals surface area contributed by atoms with Crippen LogP contribution in [0.5, 0.6) is 0 Å². The number of aromatic nitrogens is 3. The van der Waals surface area contributed by atoms with E-state index in [1.54, 1.807) is 23.0 Å². The van der Waals surface area contributed by atoms with Gasteiger partial charge in [-0.2, -0.15) is 10.4 Å². The van der Waals surface area contributed by atoms with Crippen molar-refractivity contribution in [3.63, 3.8) is 0 Å². The predicted molar refractivity (Wildman–Crippen MR) is 100.0 cm³/mol. The minimum absolute atomic E-state index is 0.459. The first-order chi connectivity index (χ1) is 12.1. The molecule has 5 heteroatoms. The molecule has 0 aliphatic heterocycles. The number of hydrogen-bond donors (Lipinski definition) is 0. The molecule has 0 saturated heterocycles. The fraction of sp³-hybridized carbons (Fsp3) is 0.150. The van der Waals surface area contributed by atoms with E-state index in [4.69, 9.17) is 11.6 Å². The van der Waals surface area contributed by atoms with E-state index >= 15 is 0 Å². The van der Waals surface area contributed by atoms with Crippen LogP contribution in [-0.4, -0.2) is 14.8 Å². The smallest absolute Gasteiger partial charge is 0.134 e. The van der Waals surface area contributed by atoms with Crippen LogP contribution in [0.3, 0.4) is 0 Å². The molecule has 1 aromatic carbocycles. The van der Waals surface area contributed by atoms with Crippen molar-refractivity contribution >= 4 is 23.3 Å². The summed E-state index contributed by atoms with van der Waals surface area (Å²) in [5.41, 5.74) is 4.93. The lowest BCUT2D eigenvalue weighted by molar-refractivity contribution is 0.680. The highest BCUT2D eigenvalue weighted by atomic mass is 35.5. The Morgan fingerprint density at radius 1 is 1.20 bits per heavy atom. The largest absolute Gasteiger partial charge is 0.256 e. The Balaban J connectivity index is 1.95. The van der Waals surface area contributed by atoms with E-state index in [-0.39, 0.29) is 0 Å². The number of aryl methyl sites for hydroxylation is 2. The fourth-order valence-corrected chi connectivity index (χ4v) is 2.82. The molecule has 4 nitrogen and oxygen atoms in total. The van der Waals surface area contributed by atoms with Crippen molar-refractivity contribution in [1.82, 2.24) is 14.8 Å². The number of nitriles is 1. The Kier molecular flexibility index (Phi) is 4.97. The lowest BCUT2D eigenvalue weighted by atomic mass is 10.1. The summed E-state index contributed by atoms with van der Waals surface area (Å²) in [4.78, 5) is 4.23. The van der Waals surface area contributed by atoms with Gasteiger partial charge in [-0.3, -0.25) is 4.98 Å². The van der Waals surface area contributed by atoms with Gasteiger partial charge in [0.25, 0.3) is 0 Å². The van der Waals surface area contributed by atoms with E-state index < -0.39 is 0 Å². The van der Waals surface area contributed by atoms with Crippen molar-refractivity contribution < 1.29 is 0 Å². The lowest BCUT2D eigenvalue weighted by Crippen LogP contribution is -2.02. The number of nitrogens with zero attached hydrogens (tertiary/aromatic N) is 4. The van der Waals surface area contributed by atoms with Crippen molar-refractivity contribution in [3.8, 4) is 6.07 Å². The maximum atomic E-state index is 9.46.